The van der Waals surface area contributed by atoms with Gasteiger partial charge in [-0.05, 0) is 37.8 Å². The first-order chi connectivity index (χ1) is 17.1. The summed E-state index contributed by atoms with van der Waals surface area (Å²) in [7, 11) is 0. The van der Waals surface area contributed by atoms with Crippen molar-refractivity contribution in [3.05, 3.63) is 36.0 Å². The second-order valence-corrected chi connectivity index (χ2v) is 8.93. The predicted octanol–water partition coefficient (Wildman–Crippen LogP) is -0.0324. The summed E-state index contributed by atoms with van der Waals surface area (Å²) in [6, 6.07) is 3.09. The van der Waals surface area contributed by atoms with Gasteiger partial charge in [-0.25, -0.2) is 4.79 Å². The number of nitrogens with one attached hydrogen (secondary N) is 3. The maximum atomic E-state index is 13.5. The van der Waals surface area contributed by atoms with Crippen molar-refractivity contribution in [3.63, 3.8) is 0 Å². The van der Waals surface area contributed by atoms with Crippen LogP contribution in [0.4, 0.5) is 0 Å². The highest BCUT2D eigenvalue weighted by Crippen LogP contribution is 2.23. The van der Waals surface area contributed by atoms with Crippen LogP contribution in [-0.4, -0.2) is 80.5 Å². The first-order valence-corrected chi connectivity index (χ1v) is 11.7. The van der Waals surface area contributed by atoms with Crippen LogP contribution in [0.1, 0.15) is 38.2 Å². The summed E-state index contributed by atoms with van der Waals surface area (Å²) < 4.78 is 0. The normalized spacial score (nSPS) is 17.8. The number of rotatable bonds is 11. The van der Waals surface area contributed by atoms with Gasteiger partial charge in [-0.15, -0.1) is 0 Å². The second-order valence-electron chi connectivity index (χ2n) is 8.93. The summed E-state index contributed by atoms with van der Waals surface area (Å²) in [5.41, 5.74) is 7.14. The molecule has 0 aliphatic carbocycles. The number of H-pyrrole nitrogens is 1. The molecular weight excluding hydrogens is 470 g/mol. The number of carbonyl (C=O) groups is 5. The topological polar surface area (TPSA) is 195 Å². The van der Waals surface area contributed by atoms with Gasteiger partial charge < -0.3 is 36.5 Å². The molecule has 12 heteroatoms. The fourth-order valence-electron chi connectivity index (χ4n) is 4.32. The smallest absolute Gasteiger partial charge is 0.326 e. The fraction of sp³-hybridized carbons (Fsp3) is 0.458. The van der Waals surface area contributed by atoms with Gasteiger partial charge >= 0.3 is 11.9 Å². The molecule has 2 aromatic rings. The van der Waals surface area contributed by atoms with Crippen molar-refractivity contribution in [3.8, 4) is 0 Å². The average molecular weight is 502 g/mol. The van der Waals surface area contributed by atoms with E-state index in [0.29, 0.717) is 12.8 Å². The van der Waals surface area contributed by atoms with Crippen molar-refractivity contribution >= 4 is 40.6 Å². The van der Waals surface area contributed by atoms with E-state index in [1.165, 1.54) is 11.8 Å². The maximum absolute atomic E-state index is 13.5. The lowest BCUT2D eigenvalue weighted by atomic mass is 10.0. The molecule has 4 unspecified atom stereocenters. The van der Waals surface area contributed by atoms with E-state index in [-0.39, 0.29) is 19.4 Å². The van der Waals surface area contributed by atoms with Crippen molar-refractivity contribution in [1.82, 2.24) is 20.5 Å². The molecule has 194 valence electrons. The number of hydrogen-bond donors (Lipinski definition) is 6. The van der Waals surface area contributed by atoms with E-state index in [0.717, 1.165) is 16.5 Å². The molecule has 3 amide bonds. The predicted molar refractivity (Wildman–Crippen MR) is 129 cm³/mol. The molecule has 1 aliphatic heterocycles. The Bertz CT molecular complexity index is 1140. The number of fused-ring (bicyclic) bond motifs is 1. The SMILES string of the molecule is CC(N)C(=O)NC(CCC(=O)O)C(=O)NC(Cc1c[nH]c2ccccc12)C(=O)N1CCCC1C(=O)O. The Morgan fingerprint density at radius 1 is 1.11 bits per heavy atom. The zero-order valence-corrected chi connectivity index (χ0v) is 19.9. The first-order valence-electron chi connectivity index (χ1n) is 11.7. The van der Waals surface area contributed by atoms with Crippen LogP contribution in [0.25, 0.3) is 10.9 Å². The Hall–Kier alpha value is -3.93. The van der Waals surface area contributed by atoms with E-state index in [1.807, 2.05) is 24.3 Å². The Balaban J connectivity index is 1.88. The van der Waals surface area contributed by atoms with Gasteiger partial charge in [0.2, 0.25) is 17.7 Å². The molecule has 1 aliphatic rings. The zero-order chi connectivity index (χ0) is 26.4. The average Bonchev–Trinajstić information content (AvgIpc) is 3.48. The highest BCUT2D eigenvalue weighted by molar-refractivity contribution is 5.95. The van der Waals surface area contributed by atoms with Gasteiger partial charge in [-0.1, -0.05) is 18.2 Å². The standard InChI is InChI=1S/C24H31N5O7/c1-13(25)21(32)27-17(8-9-20(30)31)22(33)28-18(23(34)29-10-4-7-19(29)24(35)36)11-14-12-26-16-6-3-2-5-15(14)16/h2-3,5-6,12-13,17-19,26H,4,7-11,25H2,1H3,(H,27,32)(H,28,33)(H,30,31)(H,35,36). The number of carbonyl (C=O) groups excluding carboxylic acids is 3. The molecule has 1 aromatic carbocycles. The lowest BCUT2D eigenvalue weighted by Gasteiger charge is -2.29. The molecule has 36 heavy (non-hydrogen) atoms. The van der Waals surface area contributed by atoms with Crippen molar-refractivity contribution in [2.75, 3.05) is 6.54 Å². The molecule has 1 aromatic heterocycles. The van der Waals surface area contributed by atoms with Crippen LogP contribution >= 0.6 is 0 Å². The van der Waals surface area contributed by atoms with Gasteiger partial charge in [-0.3, -0.25) is 19.2 Å². The largest absolute Gasteiger partial charge is 0.481 e. The summed E-state index contributed by atoms with van der Waals surface area (Å²) in [5, 5.41) is 24.5. The van der Waals surface area contributed by atoms with Crippen LogP contribution in [0.15, 0.2) is 30.5 Å². The van der Waals surface area contributed by atoms with E-state index in [9.17, 15) is 29.1 Å². The minimum Gasteiger partial charge on any atom is -0.481 e. The lowest BCUT2D eigenvalue weighted by Crippen LogP contribution is -2.57. The van der Waals surface area contributed by atoms with Gasteiger partial charge in [0.25, 0.3) is 0 Å². The molecule has 0 saturated carbocycles. The number of aromatic nitrogens is 1. The van der Waals surface area contributed by atoms with E-state index < -0.39 is 60.2 Å². The number of para-hydroxylation sites is 1. The van der Waals surface area contributed by atoms with Gasteiger partial charge in [0.15, 0.2) is 0 Å². The van der Waals surface area contributed by atoms with E-state index >= 15 is 0 Å². The number of hydrogen-bond acceptors (Lipinski definition) is 6. The number of carboxylic acid groups (broad SMARTS) is 2. The van der Waals surface area contributed by atoms with Crippen LogP contribution < -0.4 is 16.4 Å². The van der Waals surface area contributed by atoms with Gasteiger partial charge in [-0.2, -0.15) is 0 Å². The number of aromatic amines is 1. The van der Waals surface area contributed by atoms with Crippen molar-refractivity contribution in [1.29, 1.82) is 0 Å². The number of aliphatic carboxylic acids is 2. The minimum absolute atomic E-state index is 0.0598. The third-order valence-electron chi connectivity index (χ3n) is 6.23. The molecule has 1 saturated heterocycles. The molecule has 3 rings (SSSR count). The minimum atomic E-state index is -1.24. The Labute approximate surface area is 207 Å². The molecule has 2 heterocycles. The number of amides is 3. The zero-order valence-electron chi connectivity index (χ0n) is 19.9. The third kappa shape index (κ3) is 6.39. The maximum Gasteiger partial charge on any atom is 0.326 e. The van der Waals surface area contributed by atoms with E-state index in [1.54, 1.807) is 6.20 Å². The van der Waals surface area contributed by atoms with Crippen LogP contribution in [0.2, 0.25) is 0 Å². The van der Waals surface area contributed by atoms with Crippen LogP contribution in [-0.2, 0) is 30.4 Å². The molecule has 7 N–H and O–H groups in total. The Morgan fingerprint density at radius 2 is 1.81 bits per heavy atom. The van der Waals surface area contributed by atoms with Crippen molar-refractivity contribution < 1.29 is 34.2 Å². The molecular formula is C24H31N5O7. The monoisotopic (exact) mass is 501 g/mol. The number of benzene rings is 1. The second kappa shape index (κ2) is 11.7. The summed E-state index contributed by atoms with van der Waals surface area (Å²) in [6.07, 6.45) is 1.99. The molecule has 1 fully saturated rings. The summed E-state index contributed by atoms with van der Waals surface area (Å²) in [6.45, 7) is 1.66. The third-order valence-corrected chi connectivity index (χ3v) is 6.23. The fourth-order valence-corrected chi connectivity index (χ4v) is 4.32. The highest BCUT2D eigenvalue weighted by Gasteiger charge is 2.38. The van der Waals surface area contributed by atoms with Crippen LogP contribution in [0, 0.1) is 0 Å². The van der Waals surface area contributed by atoms with Gasteiger partial charge in [0.1, 0.15) is 18.1 Å². The molecule has 4 atom stereocenters. The number of nitrogens with two attached hydrogens (primary N) is 1. The number of likely N-dealkylation sites (tertiary alicyclic amines) is 1. The Morgan fingerprint density at radius 3 is 2.47 bits per heavy atom. The molecule has 0 spiro atoms. The van der Waals surface area contributed by atoms with Gasteiger partial charge in [0.05, 0.1) is 6.04 Å². The van der Waals surface area contributed by atoms with Crippen molar-refractivity contribution in [2.24, 2.45) is 5.73 Å². The quantitative estimate of drug-likeness (QED) is 0.247. The van der Waals surface area contributed by atoms with E-state index in [4.69, 9.17) is 10.8 Å². The molecule has 0 radical (unpaired) electrons. The molecule has 0 bridgehead atoms. The van der Waals surface area contributed by atoms with E-state index in [2.05, 4.69) is 15.6 Å². The lowest BCUT2D eigenvalue weighted by molar-refractivity contribution is -0.149. The van der Waals surface area contributed by atoms with Crippen LogP contribution in [0.5, 0.6) is 0 Å². The summed E-state index contributed by atoms with van der Waals surface area (Å²) in [5.74, 6) is -4.24. The van der Waals surface area contributed by atoms with Crippen LogP contribution in [0.3, 0.4) is 0 Å². The highest BCUT2D eigenvalue weighted by atomic mass is 16.4. The Kier molecular flexibility index (Phi) is 8.64. The number of carboxylic acids is 2. The van der Waals surface area contributed by atoms with Crippen molar-refractivity contribution in [2.45, 2.75) is 63.2 Å². The summed E-state index contributed by atoms with van der Waals surface area (Å²) >= 11 is 0. The number of nitrogens with zero attached hydrogens (tertiary/aromatic N) is 1. The van der Waals surface area contributed by atoms with Gasteiger partial charge in [0, 0.05) is 36.5 Å². The summed E-state index contributed by atoms with van der Waals surface area (Å²) in [4.78, 5) is 66.0. The first kappa shape index (κ1) is 26.7. The molecule has 12 nitrogen and oxygen atoms in total.